The first-order valence-corrected chi connectivity index (χ1v) is 9.87. The maximum absolute atomic E-state index is 13.3. The highest BCUT2D eigenvalue weighted by Gasteiger charge is 2.28. The van der Waals surface area contributed by atoms with E-state index in [2.05, 4.69) is 4.98 Å². The minimum atomic E-state index is -0.128. The monoisotopic (exact) mass is 379 g/mol. The first-order chi connectivity index (χ1) is 13.0. The Hall–Kier alpha value is -2.73. The van der Waals surface area contributed by atoms with E-state index in [0.717, 1.165) is 27.8 Å². The molecule has 0 N–H and O–H groups in total. The highest BCUT2D eigenvalue weighted by Crippen LogP contribution is 2.30. The number of carbonyl (C=O) groups excluding carboxylic acids is 2. The molecule has 2 heterocycles. The SMILES string of the molecule is Cc1ccc(C(=O)N(CN2CCCC2=O)c2nc3ccccc3s2)cc1C. The van der Waals surface area contributed by atoms with E-state index in [4.69, 9.17) is 0 Å². The van der Waals surface area contributed by atoms with Gasteiger partial charge in [-0.15, -0.1) is 0 Å². The summed E-state index contributed by atoms with van der Waals surface area (Å²) in [6.45, 7) is 4.95. The largest absolute Gasteiger partial charge is 0.324 e. The van der Waals surface area contributed by atoms with Crippen LogP contribution >= 0.6 is 11.3 Å². The van der Waals surface area contributed by atoms with E-state index in [1.54, 1.807) is 9.80 Å². The van der Waals surface area contributed by atoms with Gasteiger partial charge in [-0.1, -0.05) is 29.5 Å². The number of aryl methyl sites for hydroxylation is 2. The molecule has 4 rings (SSSR count). The molecule has 138 valence electrons. The molecule has 3 aromatic rings. The predicted molar refractivity (Wildman–Crippen MR) is 108 cm³/mol. The second kappa shape index (κ2) is 7.12. The number of aromatic nitrogens is 1. The number of hydrogen-bond acceptors (Lipinski definition) is 4. The molecule has 5 nitrogen and oxygen atoms in total. The third-order valence-corrected chi connectivity index (χ3v) is 6.06. The number of amides is 2. The Labute approximate surface area is 162 Å². The number of hydrogen-bond donors (Lipinski definition) is 0. The minimum absolute atomic E-state index is 0.0917. The summed E-state index contributed by atoms with van der Waals surface area (Å²) in [4.78, 5) is 33.5. The topological polar surface area (TPSA) is 53.5 Å². The van der Waals surface area contributed by atoms with Gasteiger partial charge in [-0.3, -0.25) is 14.5 Å². The summed E-state index contributed by atoms with van der Waals surface area (Å²) in [7, 11) is 0. The van der Waals surface area contributed by atoms with Gasteiger partial charge >= 0.3 is 0 Å². The zero-order valence-corrected chi connectivity index (χ0v) is 16.3. The van der Waals surface area contributed by atoms with Crippen LogP contribution in [-0.4, -0.2) is 34.9 Å². The van der Waals surface area contributed by atoms with E-state index in [1.165, 1.54) is 11.3 Å². The fourth-order valence-electron chi connectivity index (χ4n) is 3.24. The van der Waals surface area contributed by atoms with Crippen LogP contribution < -0.4 is 4.90 Å². The molecule has 2 amide bonds. The molecule has 0 saturated carbocycles. The molecule has 0 radical (unpaired) electrons. The van der Waals surface area contributed by atoms with Crippen molar-refractivity contribution in [3.8, 4) is 0 Å². The van der Waals surface area contributed by atoms with Crippen LogP contribution in [0.15, 0.2) is 42.5 Å². The predicted octanol–water partition coefficient (Wildman–Crippen LogP) is 4.14. The molecule has 0 bridgehead atoms. The summed E-state index contributed by atoms with van der Waals surface area (Å²) in [6, 6.07) is 13.5. The normalized spacial score (nSPS) is 14.1. The lowest BCUT2D eigenvalue weighted by Crippen LogP contribution is -2.42. The zero-order chi connectivity index (χ0) is 19.0. The van der Waals surface area contributed by atoms with Gasteiger partial charge in [0.25, 0.3) is 5.91 Å². The van der Waals surface area contributed by atoms with Crippen molar-refractivity contribution in [2.75, 3.05) is 18.1 Å². The quantitative estimate of drug-likeness (QED) is 0.685. The van der Waals surface area contributed by atoms with Gasteiger partial charge in [-0.05, 0) is 55.7 Å². The Morgan fingerprint density at radius 1 is 1.19 bits per heavy atom. The average molecular weight is 379 g/mol. The summed E-state index contributed by atoms with van der Waals surface area (Å²) in [6.07, 6.45) is 1.38. The number of anilines is 1. The lowest BCUT2D eigenvalue weighted by atomic mass is 10.1. The summed E-state index contributed by atoms with van der Waals surface area (Å²) in [5, 5.41) is 0.624. The standard InChI is InChI=1S/C21H21N3O2S/c1-14-9-10-16(12-15(14)2)20(26)24(13-23-11-5-8-19(23)25)21-22-17-6-3-4-7-18(17)27-21/h3-4,6-7,9-10,12H,5,8,11,13H2,1-2H3. The third-order valence-electron chi connectivity index (χ3n) is 5.00. The maximum Gasteiger partial charge on any atom is 0.261 e. The van der Waals surface area contributed by atoms with Crippen LogP contribution in [0.5, 0.6) is 0 Å². The molecular formula is C21H21N3O2S. The number of carbonyl (C=O) groups is 2. The molecule has 0 spiro atoms. The van der Waals surface area contributed by atoms with Crippen LogP contribution in [0.3, 0.4) is 0 Å². The van der Waals surface area contributed by atoms with E-state index in [0.29, 0.717) is 23.7 Å². The maximum atomic E-state index is 13.3. The Bertz CT molecular complexity index is 994. The van der Waals surface area contributed by atoms with Crippen LogP contribution in [0.4, 0.5) is 5.13 Å². The third kappa shape index (κ3) is 3.45. The van der Waals surface area contributed by atoms with Crippen molar-refractivity contribution < 1.29 is 9.59 Å². The number of likely N-dealkylation sites (tertiary alicyclic amines) is 1. The number of thiazole rings is 1. The molecule has 0 aliphatic carbocycles. The van der Waals surface area contributed by atoms with Gasteiger partial charge < -0.3 is 4.90 Å². The van der Waals surface area contributed by atoms with Gasteiger partial charge in [0.15, 0.2) is 5.13 Å². The van der Waals surface area contributed by atoms with Gasteiger partial charge in [0.2, 0.25) is 5.91 Å². The lowest BCUT2D eigenvalue weighted by Gasteiger charge is -2.26. The van der Waals surface area contributed by atoms with Gasteiger partial charge in [-0.25, -0.2) is 4.98 Å². The van der Waals surface area contributed by atoms with Crippen LogP contribution in [0.1, 0.15) is 34.3 Å². The van der Waals surface area contributed by atoms with Gasteiger partial charge in [0.05, 0.1) is 10.2 Å². The fourth-order valence-corrected chi connectivity index (χ4v) is 4.20. The molecule has 1 aliphatic heterocycles. The summed E-state index contributed by atoms with van der Waals surface area (Å²) >= 11 is 1.48. The molecule has 6 heteroatoms. The van der Waals surface area contributed by atoms with Crippen molar-refractivity contribution in [3.63, 3.8) is 0 Å². The number of fused-ring (bicyclic) bond motifs is 1. The molecule has 1 aromatic heterocycles. The van der Waals surface area contributed by atoms with Crippen LogP contribution in [-0.2, 0) is 4.79 Å². The number of benzene rings is 2. The molecule has 0 unspecified atom stereocenters. The van der Waals surface area contributed by atoms with Crippen LogP contribution in [0, 0.1) is 13.8 Å². The van der Waals surface area contributed by atoms with Gasteiger partial charge in [-0.2, -0.15) is 0 Å². The van der Waals surface area contributed by atoms with Gasteiger partial charge in [0.1, 0.15) is 6.67 Å². The smallest absolute Gasteiger partial charge is 0.261 e. The highest BCUT2D eigenvalue weighted by atomic mass is 32.1. The van der Waals surface area contributed by atoms with Gasteiger partial charge in [0, 0.05) is 18.5 Å². The average Bonchev–Trinajstić information content (AvgIpc) is 3.27. The van der Waals surface area contributed by atoms with Crippen molar-refractivity contribution in [2.45, 2.75) is 26.7 Å². The van der Waals surface area contributed by atoms with E-state index >= 15 is 0 Å². The number of rotatable bonds is 4. The molecule has 0 atom stereocenters. The molecular weight excluding hydrogens is 358 g/mol. The number of para-hydroxylation sites is 1. The Balaban J connectivity index is 1.73. The second-order valence-electron chi connectivity index (χ2n) is 6.90. The Morgan fingerprint density at radius 2 is 2.00 bits per heavy atom. The van der Waals surface area contributed by atoms with Crippen LogP contribution in [0.2, 0.25) is 0 Å². The van der Waals surface area contributed by atoms with Crippen molar-refractivity contribution in [1.29, 1.82) is 0 Å². The van der Waals surface area contributed by atoms with Crippen LogP contribution in [0.25, 0.3) is 10.2 Å². The highest BCUT2D eigenvalue weighted by molar-refractivity contribution is 7.22. The molecule has 2 aromatic carbocycles. The van der Waals surface area contributed by atoms with E-state index in [1.807, 2.05) is 56.3 Å². The van der Waals surface area contributed by atoms with Crippen molar-refractivity contribution in [1.82, 2.24) is 9.88 Å². The molecule has 1 fully saturated rings. The summed E-state index contributed by atoms with van der Waals surface area (Å²) in [5.41, 5.74) is 3.70. The van der Waals surface area contributed by atoms with Crippen molar-refractivity contribution in [2.24, 2.45) is 0 Å². The molecule has 1 aliphatic rings. The van der Waals surface area contributed by atoms with E-state index in [9.17, 15) is 9.59 Å². The molecule has 1 saturated heterocycles. The second-order valence-corrected chi connectivity index (χ2v) is 7.91. The molecule has 27 heavy (non-hydrogen) atoms. The van der Waals surface area contributed by atoms with E-state index < -0.39 is 0 Å². The summed E-state index contributed by atoms with van der Waals surface area (Å²) in [5.74, 6) is -0.0362. The zero-order valence-electron chi connectivity index (χ0n) is 15.4. The summed E-state index contributed by atoms with van der Waals surface area (Å²) < 4.78 is 1.03. The first kappa shape index (κ1) is 17.7. The Kier molecular flexibility index (Phi) is 4.66. The Morgan fingerprint density at radius 3 is 2.70 bits per heavy atom. The minimum Gasteiger partial charge on any atom is -0.324 e. The van der Waals surface area contributed by atoms with Crippen molar-refractivity contribution >= 4 is 38.5 Å². The number of nitrogens with zero attached hydrogens (tertiary/aromatic N) is 3. The van der Waals surface area contributed by atoms with E-state index in [-0.39, 0.29) is 18.5 Å². The van der Waals surface area contributed by atoms with Crippen molar-refractivity contribution in [3.05, 3.63) is 59.2 Å². The first-order valence-electron chi connectivity index (χ1n) is 9.05. The lowest BCUT2D eigenvalue weighted by molar-refractivity contribution is -0.127. The fraction of sp³-hybridized carbons (Fsp3) is 0.286.